The molecule has 1 heterocycles. The quantitative estimate of drug-likeness (QED) is 0.852. The Balaban J connectivity index is 2.33. The van der Waals surface area contributed by atoms with Crippen molar-refractivity contribution in [1.82, 2.24) is 10.1 Å². The Labute approximate surface area is 120 Å². The van der Waals surface area contributed by atoms with Crippen LogP contribution in [0.3, 0.4) is 0 Å². The van der Waals surface area contributed by atoms with Crippen LogP contribution in [0.1, 0.15) is 46.3 Å². The first-order chi connectivity index (χ1) is 9.23. The molecule has 0 spiro atoms. The average Bonchev–Trinajstić information content (AvgIpc) is 2.51. The topological polar surface area (TPSA) is 58.7 Å². The van der Waals surface area contributed by atoms with Crippen molar-refractivity contribution in [2.75, 3.05) is 6.61 Å². The van der Waals surface area contributed by atoms with E-state index in [0.717, 1.165) is 15.9 Å². The van der Waals surface area contributed by atoms with Gasteiger partial charge in [0.05, 0.1) is 12.1 Å². The second-order valence-corrected chi connectivity index (χ2v) is 6.15. The molecule has 111 valence electrons. The fourth-order valence-electron chi connectivity index (χ4n) is 2.42. The van der Waals surface area contributed by atoms with Gasteiger partial charge in [-0.1, -0.05) is 12.1 Å². The van der Waals surface area contributed by atoms with Gasteiger partial charge in [0.2, 0.25) is 0 Å². The minimum atomic E-state index is -0.810. The zero-order valence-electron chi connectivity index (χ0n) is 12.7. The van der Waals surface area contributed by atoms with Crippen molar-refractivity contribution >= 4 is 0 Å². The molecule has 1 aromatic rings. The standard InChI is InChI=1S/C15H22N2O3/c1-6-20-12-9-7-11(8-10-12)13-16(18)14(2,3)15(4,5)17(13)19/h7-10,13H,6H2,1-5H3/q-1. The zero-order valence-corrected chi connectivity index (χ0v) is 12.7. The first-order valence-corrected chi connectivity index (χ1v) is 6.89. The Kier molecular flexibility index (Phi) is 3.81. The molecule has 0 aromatic heterocycles. The van der Waals surface area contributed by atoms with Crippen molar-refractivity contribution < 1.29 is 9.94 Å². The zero-order chi connectivity index (χ0) is 15.1. The van der Waals surface area contributed by atoms with E-state index in [1.165, 1.54) is 0 Å². The van der Waals surface area contributed by atoms with E-state index in [1.54, 1.807) is 52.0 Å². The fourth-order valence-corrected chi connectivity index (χ4v) is 2.42. The van der Waals surface area contributed by atoms with E-state index in [0.29, 0.717) is 12.2 Å². The van der Waals surface area contributed by atoms with E-state index in [2.05, 4.69) is 0 Å². The van der Waals surface area contributed by atoms with Crippen LogP contribution in [0.4, 0.5) is 0 Å². The molecule has 5 nitrogen and oxygen atoms in total. The van der Waals surface area contributed by atoms with Gasteiger partial charge in [-0.05, 0) is 52.3 Å². The minimum absolute atomic E-state index is 0.587. The summed E-state index contributed by atoms with van der Waals surface area (Å²) in [5.41, 5.74) is -0.812. The average molecular weight is 278 g/mol. The third-order valence-corrected chi connectivity index (χ3v) is 4.53. The van der Waals surface area contributed by atoms with Gasteiger partial charge in [0.15, 0.2) is 0 Å². The van der Waals surface area contributed by atoms with Crippen LogP contribution in [0, 0.1) is 5.21 Å². The fraction of sp³-hybridized carbons (Fsp3) is 0.600. The number of rotatable bonds is 3. The number of ether oxygens (including phenoxy) is 1. The van der Waals surface area contributed by atoms with Gasteiger partial charge in [-0.25, -0.2) is 0 Å². The largest absolute Gasteiger partial charge is 0.783 e. The van der Waals surface area contributed by atoms with Gasteiger partial charge in [-0.15, -0.1) is 10.3 Å². The van der Waals surface area contributed by atoms with Crippen LogP contribution in [-0.2, 0) is 5.21 Å². The summed E-state index contributed by atoms with van der Waals surface area (Å²) in [6.45, 7) is 9.72. The lowest BCUT2D eigenvalue weighted by Crippen LogP contribution is -2.51. The highest BCUT2D eigenvalue weighted by Crippen LogP contribution is 2.48. The highest BCUT2D eigenvalue weighted by atomic mass is 16.6. The number of benzene rings is 1. The first-order valence-electron chi connectivity index (χ1n) is 6.89. The summed E-state index contributed by atoms with van der Waals surface area (Å²) in [4.78, 5) is 0. The monoisotopic (exact) mass is 278 g/mol. The number of hydrogen-bond donors (Lipinski definition) is 0. The van der Waals surface area contributed by atoms with Gasteiger partial charge < -0.3 is 15.0 Å². The van der Waals surface area contributed by atoms with Gasteiger partial charge >= 0.3 is 0 Å². The van der Waals surface area contributed by atoms with Crippen LogP contribution < -0.4 is 4.74 Å². The van der Waals surface area contributed by atoms with E-state index in [-0.39, 0.29) is 0 Å². The molecule has 2 rings (SSSR count). The third-order valence-electron chi connectivity index (χ3n) is 4.53. The van der Waals surface area contributed by atoms with Gasteiger partial charge in [0.1, 0.15) is 11.9 Å². The predicted octanol–water partition coefficient (Wildman–Crippen LogP) is 3.10. The van der Waals surface area contributed by atoms with Crippen molar-refractivity contribution in [1.29, 1.82) is 0 Å². The van der Waals surface area contributed by atoms with E-state index < -0.39 is 17.2 Å². The lowest BCUT2D eigenvalue weighted by molar-refractivity contribution is -0.232. The molecule has 0 amide bonds. The van der Waals surface area contributed by atoms with Crippen LogP contribution in [0.15, 0.2) is 24.3 Å². The molecule has 1 saturated heterocycles. The predicted molar refractivity (Wildman–Crippen MR) is 76.2 cm³/mol. The molecule has 0 N–H and O–H groups in total. The molecule has 0 saturated carbocycles. The Morgan fingerprint density at radius 3 is 2.10 bits per heavy atom. The smallest absolute Gasteiger partial charge is 0.119 e. The molecule has 0 bridgehead atoms. The van der Waals surface area contributed by atoms with Crippen molar-refractivity contribution in [3.8, 4) is 5.75 Å². The number of hydrogen-bond acceptors (Lipinski definition) is 4. The molecule has 5 heteroatoms. The van der Waals surface area contributed by atoms with E-state index >= 15 is 0 Å². The molecule has 1 aromatic carbocycles. The first kappa shape index (κ1) is 15.3. The summed E-state index contributed by atoms with van der Waals surface area (Å²) in [6, 6.07) is 7.14. The summed E-state index contributed by atoms with van der Waals surface area (Å²) in [5.74, 6) is 0.739. The van der Waals surface area contributed by atoms with Crippen LogP contribution in [0.5, 0.6) is 5.75 Å². The van der Waals surface area contributed by atoms with Crippen molar-refractivity contribution in [2.24, 2.45) is 0 Å². The van der Waals surface area contributed by atoms with Crippen molar-refractivity contribution in [3.63, 3.8) is 0 Å². The van der Waals surface area contributed by atoms with E-state index in [1.807, 2.05) is 6.92 Å². The van der Waals surface area contributed by atoms with E-state index in [9.17, 15) is 10.4 Å². The number of nitrogens with zero attached hydrogens (tertiary/aromatic N) is 2. The van der Waals surface area contributed by atoms with Crippen LogP contribution in [0.25, 0.3) is 0 Å². The van der Waals surface area contributed by atoms with Gasteiger partial charge in [-0.2, -0.15) is 0 Å². The molecule has 1 aliphatic heterocycles. The summed E-state index contributed by atoms with van der Waals surface area (Å²) < 4.78 is 5.38. The normalized spacial score (nSPS) is 25.9. The van der Waals surface area contributed by atoms with Gasteiger partial charge in [0.25, 0.3) is 0 Å². The molecule has 0 atom stereocenters. The van der Waals surface area contributed by atoms with Crippen LogP contribution in [0.2, 0.25) is 0 Å². The minimum Gasteiger partial charge on any atom is -0.783 e. The Morgan fingerprint density at radius 2 is 1.70 bits per heavy atom. The number of hydroxylamine groups is 4. The van der Waals surface area contributed by atoms with Crippen molar-refractivity contribution in [2.45, 2.75) is 51.9 Å². The van der Waals surface area contributed by atoms with Crippen molar-refractivity contribution in [3.05, 3.63) is 35.0 Å². The Bertz CT molecular complexity index is 451. The maximum absolute atomic E-state index is 12.5. The molecule has 0 unspecified atom stereocenters. The third kappa shape index (κ3) is 2.11. The second kappa shape index (κ2) is 5.00. The lowest BCUT2D eigenvalue weighted by atomic mass is 9.84. The van der Waals surface area contributed by atoms with Gasteiger partial charge in [-0.3, -0.25) is 0 Å². The molecular weight excluding hydrogens is 256 g/mol. The summed E-state index contributed by atoms with van der Waals surface area (Å²) in [5, 5.41) is 26.8. The molecule has 1 radical (unpaired) electrons. The second-order valence-electron chi connectivity index (χ2n) is 6.15. The molecule has 1 fully saturated rings. The maximum Gasteiger partial charge on any atom is 0.119 e. The molecular formula is C15H22N2O3-. The highest BCUT2D eigenvalue weighted by Gasteiger charge is 2.55. The Morgan fingerprint density at radius 1 is 1.15 bits per heavy atom. The summed E-state index contributed by atoms with van der Waals surface area (Å²) in [6.07, 6.45) is -0.810. The van der Waals surface area contributed by atoms with Gasteiger partial charge in [0, 0.05) is 5.54 Å². The van der Waals surface area contributed by atoms with Crippen LogP contribution in [-0.4, -0.2) is 27.8 Å². The SMILES string of the molecule is CCOc1ccc(C2N([O])C(C)(C)C(C)(C)N2[O-])cc1. The molecule has 1 aliphatic rings. The summed E-state index contributed by atoms with van der Waals surface area (Å²) >= 11 is 0. The lowest BCUT2D eigenvalue weighted by Gasteiger charge is -2.44. The van der Waals surface area contributed by atoms with E-state index in [4.69, 9.17) is 4.74 Å². The maximum atomic E-state index is 12.5. The highest BCUT2D eigenvalue weighted by molar-refractivity contribution is 5.31. The summed E-state index contributed by atoms with van der Waals surface area (Å²) in [7, 11) is 0. The van der Waals surface area contributed by atoms with Crippen LogP contribution >= 0.6 is 0 Å². The molecule has 0 aliphatic carbocycles. The Hall–Kier alpha value is -1.14. The molecule has 20 heavy (non-hydrogen) atoms.